The minimum absolute atomic E-state index is 0.0977. The van der Waals surface area contributed by atoms with E-state index in [1.54, 1.807) is 6.07 Å². The van der Waals surface area contributed by atoms with Gasteiger partial charge in [-0.2, -0.15) is 0 Å². The summed E-state index contributed by atoms with van der Waals surface area (Å²) in [5, 5.41) is 2.35. The van der Waals surface area contributed by atoms with Crippen molar-refractivity contribution < 1.29 is 9.18 Å². The molecular weight excluding hydrogens is 247 g/mol. The van der Waals surface area contributed by atoms with Crippen LogP contribution in [0.5, 0.6) is 0 Å². The van der Waals surface area contributed by atoms with Crippen LogP contribution < -0.4 is 0 Å². The van der Waals surface area contributed by atoms with Gasteiger partial charge in [0.1, 0.15) is 5.82 Å². The fourth-order valence-corrected chi connectivity index (χ4v) is 2.69. The monoisotopic (exact) mass is 254 g/mol. The van der Waals surface area contributed by atoms with Crippen molar-refractivity contribution in [2.45, 2.75) is 6.92 Å². The second-order valence-electron chi connectivity index (χ2n) is 3.34. The van der Waals surface area contributed by atoms with E-state index in [4.69, 9.17) is 11.6 Å². The van der Waals surface area contributed by atoms with Gasteiger partial charge in [0.15, 0.2) is 5.78 Å². The molecule has 0 aliphatic rings. The number of thiophene rings is 1. The van der Waals surface area contributed by atoms with E-state index in [0.29, 0.717) is 16.1 Å². The lowest BCUT2D eigenvalue weighted by molar-refractivity contribution is 0.101. The van der Waals surface area contributed by atoms with Gasteiger partial charge in [0.2, 0.25) is 0 Å². The SMILES string of the molecule is CC(=O)c1ccc(F)cc1-c1sccc1Cl. The molecule has 0 fully saturated rings. The Bertz CT molecular complexity index is 548. The lowest BCUT2D eigenvalue weighted by atomic mass is 10.0. The van der Waals surface area contributed by atoms with Gasteiger partial charge in [0.05, 0.1) is 9.90 Å². The van der Waals surface area contributed by atoms with Gasteiger partial charge >= 0.3 is 0 Å². The summed E-state index contributed by atoms with van der Waals surface area (Å²) >= 11 is 7.37. The largest absolute Gasteiger partial charge is 0.294 e. The minimum Gasteiger partial charge on any atom is -0.294 e. The van der Waals surface area contributed by atoms with Gasteiger partial charge < -0.3 is 0 Å². The Labute approximate surface area is 101 Å². The normalized spacial score (nSPS) is 10.4. The molecule has 0 aliphatic carbocycles. The first kappa shape index (κ1) is 11.3. The Kier molecular flexibility index (Phi) is 3.08. The fraction of sp³-hybridized carbons (Fsp3) is 0.0833. The van der Waals surface area contributed by atoms with Crippen molar-refractivity contribution in [2.75, 3.05) is 0 Å². The van der Waals surface area contributed by atoms with Crippen LogP contribution in [-0.2, 0) is 0 Å². The van der Waals surface area contributed by atoms with E-state index in [9.17, 15) is 9.18 Å². The molecule has 16 heavy (non-hydrogen) atoms. The summed E-state index contributed by atoms with van der Waals surface area (Å²) < 4.78 is 13.2. The van der Waals surface area contributed by atoms with E-state index in [-0.39, 0.29) is 11.6 Å². The van der Waals surface area contributed by atoms with Gasteiger partial charge in [-0.25, -0.2) is 4.39 Å². The molecule has 0 radical (unpaired) electrons. The van der Waals surface area contributed by atoms with Crippen molar-refractivity contribution in [1.29, 1.82) is 0 Å². The third-order valence-corrected chi connectivity index (χ3v) is 3.60. The molecule has 0 spiro atoms. The molecule has 1 aromatic carbocycles. The lowest BCUT2D eigenvalue weighted by Crippen LogP contribution is -1.96. The first-order valence-corrected chi connectivity index (χ1v) is 5.89. The summed E-state index contributed by atoms with van der Waals surface area (Å²) in [4.78, 5) is 12.2. The number of halogens is 2. The summed E-state index contributed by atoms with van der Waals surface area (Å²) in [6.45, 7) is 1.46. The van der Waals surface area contributed by atoms with Crippen LogP contribution in [0.25, 0.3) is 10.4 Å². The number of carbonyl (C=O) groups excluding carboxylic acids is 1. The van der Waals surface area contributed by atoms with Gasteiger partial charge in [0, 0.05) is 11.1 Å². The molecule has 1 nitrogen and oxygen atoms in total. The zero-order chi connectivity index (χ0) is 11.7. The average Bonchev–Trinajstić information content (AvgIpc) is 2.63. The van der Waals surface area contributed by atoms with Crippen LogP contribution in [0.3, 0.4) is 0 Å². The summed E-state index contributed by atoms with van der Waals surface area (Å²) in [5.74, 6) is -0.469. The maximum absolute atomic E-state index is 13.2. The summed E-state index contributed by atoms with van der Waals surface area (Å²) in [6.07, 6.45) is 0. The van der Waals surface area contributed by atoms with Crippen molar-refractivity contribution in [3.8, 4) is 10.4 Å². The third-order valence-electron chi connectivity index (χ3n) is 2.22. The maximum Gasteiger partial charge on any atom is 0.160 e. The number of hydrogen-bond acceptors (Lipinski definition) is 2. The molecule has 0 atom stereocenters. The average molecular weight is 255 g/mol. The quantitative estimate of drug-likeness (QED) is 0.726. The predicted molar refractivity (Wildman–Crippen MR) is 64.7 cm³/mol. The van der Waals surface area contributed by atoms with Crippen LogP contribution in [0, 0.1) is 5.82 Å². The smallest absolute Gasteiger partial charge is 0.160 e. The van der Waals surface area contributed by atoms with Gasteiger partial charge in [-0.1, -0.05) is 11.6 Å². The Morgan fingerprint density at radius 2 is 2.12 bits per heavy atom. The van der Waals surface area contributed by atoms with Gasteiger partial charge in [-0.3, -0.25) is 4.79 Å². The molecule has 0 N–H and O–H groups in total. The molecule has 0 amide bonds. The Morgan fingerprint density at radius 1 is 1.38 bits per heavy atom. The molecular formula is C12H8ClFOS. The van der Waals surface area contributed by atoms with Crippen LogP contribution in [0.1, 0.15) is 17.3 Å². The molecule has 0 saturated carbocycles. The van der Waals surface area contributed by atoms with E-state index in [0.717, 1.165) is 4.88 Å². The number of benzene rings is 1. The van der Waals surface area contributed by atoms with Crippen molar-refractivity contribution in [3.63, 3.8) is 0 Å². The maximum atomic E-state index is 13.2. The summed E-state index contributed by atoms with van der Waals surface area (Å²) in [7, 11) is 0. The summed E-state index contributed by atoms with van der Waals surface area (Å²) in [5.41, 5.74) is 1.05. The van der Waals surface area contributed by atoms with Crippen molar-refractivity contribution in [1.82, 2.24) is 0 Å². The van der Waals surface area contributed by atoms with Crippen molar-refractivity contribution in [3.05, 3.63) is 46.0 Å². The standard InChI is InChI=1S/C12H8ClFOS/c1-7(15)9-3-2-8(14)6-10(9)12-11(13)4-5-16-12/h2-6H,1H3. The van der Waals surface area contributed by atoms with Gasteiger partial charge in [0.25, 0.3) is 0 Å². The highest BCUT2D eigenvalue weighted by molar-refractivity contribution is 7.14. The number of rotatable bonds is 2. The van der Waals surface area contributed by atoms with Crippen LogP contribution in [0.2, 0.25) is 5.02 Å². The Morgan fingerprint density at radius 3 is 2.69 bits per heavy atom. The van der Waals surface area contributed by atoms with Crippen LogP contribution in [-0.4, -0.2) is 5.78 Å². The third kappa shape index (κ3) is 2.01. The molecule has 2 aromatic rings. The topological polar surface area (TPSA) is 17.1 Å². The highest BCUT2D eigenvalue weighted by Gasteiger charge is 2.13. The molecule has 0 aliphatic heterocycles. The van der Waals surface area contributed by atoms with E-state index < -0.39 is 0 Å². The van der Waals surface area contributed by atoms with E-state index in [1.165, 1.54) is 36.5 Å². The zero-order valence-electron chi connectivity index (χ0n) is 8.46. The lowest BCUT2D eigenvalue weighted by Gasteiger charge is -2.05. The van der Waals surface area contributed by atoms with Crippen LogP contribution in [0.4, 0.5) is 4.39 Å². The second kappa shape index (κ2) is 4.36. The van der Waals surface area contributed by atoms with Gasteiger partial charge in [-0.15, -0.1) is 11.3 Å². The Balaban J connectivity index is 2.67. The second-order valence-corrected chi connectivity index (χ2v) is 4.67. The van der Waals surface area contributed by atoms with Crippen LogP contribution in [0.15, 0.2) is 29.6 Å². The van der Waals surface area contributed by atoms with Crippen LogP contribution >= 0.6 is 22.9 Å². The Hall–Kier alpha value is -1.19. The van der Waals surface area contributed by atoms with E-state index in [2.05, 4.69) is 0 Å². The summed E-state index contributed by atoms with van der Waals surface area (Å²) in [6, 6.07) is 5.84. The van der Waals surface area contributed by atoms with Gasteiger partial charge in [-0.05, 0) is 36.6 Å². The number of Topliss-reactive ketones (excluding diaryl/α,β-unsaturated/α-hetero) is 1. The van der Waals surface area contributed by atoms with E-state index in [1.807, 2.05) is 5.38 Å². The predicted octanol–water partition coefficient (Wildman–Crippen LogP) is 4.41. The van der Waals surface area contributed by atoms with Crippen molar-refractivity contribution >= 4 is 28.7 Å². The molecule has 1 aromatic heterocycles. The van der Waals surface area contributed by atoms with Crippen molar-refractivity contribution in [2.24, 2.45) is 0 Å². The molecule has 0 unspecified atom stereocenters. The first-order valence-electron chi connectivity index (χ1n) is 4.63. The fourth-order valence-electron chi connectivity index (χ4n) is 1.50. The molecule has 1 heterocycles. The number of ketones is 1. The number of carbonyl (C=O) groups is 1. The molecule has 0 bridgehead atoms. The zero-order valence-corrected chi connectivity index (χ0v) is 10.0. The highest BCUT2D eigenvalue weighted by atomic mass is 35.5. The number of hydrogen-bond donors (Lipinski definition) is 0. The minimum atomic E-state index is -0.371. The molecule has 4 heteroatoms. The molecule has 0 saturated heterocycles. The first-order chi connectivity index (χ1) is 7.59. The van der Waals surface area contributed by atoms with E-state index >= 15 is 0 Å². The molecule has 82 valence electrons. The highest BCUT2D eigenvalue weighted by Crippen LogP contribution is 2.35. The molecule has 2 rings (SSSR count).